The Balaban J connectivity index is 1.57. The summed E-state index contributed by atoms with van der Waals surface area (Å²) in [6, 6.07) is 0.435. The topological polar surface area (TPSA) is 49.7 Å². The van der Waals surface area contributed by atoms with Crippen LogP contribution in [0.2, 0.25) is 0 Å². The number of imidazole rings is 1. The number of aromatic nitrogens is 4. The Labute approximate surface area is 141 Å². The molecule has 1 atom stereocenters. The molecule has 124 valence electrons. The number of aryl methyl sites for hydroxylation is 1. The fourth-order valence-electron chi connectivity index (χ4n) is 3.86. The highest BCUT2D eigenvalue weighted by Gasteiger charge is 2.33. The van der Waals surface area contributed by atoms with Crippen molar-refractivity contribution in [2.75, 3.05) is 18.6 Å². The van der Waals surface area contributed by atoms with Gasteiger partial charge in [0.25, 0.3) is 0 Å². The van der Waals surface area contributed by atoms with Crippen LogP contribution in [0.3, 0.4) is 0 Å². The Bertz CT molecular complexity index is 672. The third-order valence-corrected chi connectivity index (χ3v) is 5.80. The van der Waals surface area contributed by atoms with Gasteiger partial charge in [0.15, 0.2) is 0 Å². The van der Waals surface area contributed by atoms with E-state index in [4.69, 9.17) is 0 Å². The van der Waals surface area contributed by atoms with Crippen LogP contribution in [0.25, 0.3) is 0 Å². The molecule has 2 aromatic rings. The minimum Gasteiger partial charge on any atom is -0.348 e. The molecule has 0 aromatic carbocycles. The first-order chi connectivity index (χ1) is 11.3. The highest BCUT2D eigenvalue weighted by molar-refractivity contribution is 7.98. The number of H-pyrrole nitrogens is 1. The molecule has 0 amide bonds. The number of rotatable bonds is 6. The molecular weight excluding hydrogens is 306 g/mol. The van der Waals surface area contributed by atoms with Gasteiger partial charge in [0, 0.05) is 49.4 Å². The van der Waals surface area contributed by atoms with Crippen LogP contribution in [-0.4, -0.2) is 43.2 Å². The monoisotopic (exact) mass is 331 g/mol. The second-order valence-corrected chi connectivity index (χ2v) is 7.72. The molecule has 1 saturated carbocycles. The number of nitrogens with one attached hydrogen (secondary N) is 1. The van der Waals surface area contributed by atoms with Crippen molar-refractivity contribution in [3.8, 4) is 0 Å². The lowest BCUT2D eigenvalue weighted by molar-refractivity contribution is 0.167. The van der Waals surface area contributed by atoms with Gasteiger partial charge < -0.3 is 4.98 Å². The van der Waals surface area contributed by atoms with E-state index < -0.39 is 0 Å². The molecule has 1 unspecified atom stereocenters. The Morgan fingerprint density at radius 2 is 2.26 bits per heavy atom. The van der Waals surface area contributed by atoms with E-state index in [9.17, 15) is 0 Å². The Morgan fingerprint density at radius 1 is 1.39 bits per heavy atom. The van der Waals surface area contributed by atoms with E-state index >= 15 is 0 Å². The predicted molar refractivity (Wildman–Crippen MR) is 93.6 cm³/mol. The SMILES string of the molecule is CSCCC1c2nc[nH]c2CCN1Cc1cnn(C)c1C1CC1. The molecular formula is C17H25N5S. The van der Waals surface area contributed by atoms with Gasteiger partial charge in [0.2, 0.25) is 0 Å². The third-order valence-electron chi connectivity index (χ3n) is 5.15. The minimum absolute atomic E-state index is 0.435. The van der Waals surface area contributed by atoms with Crippen molar-refractivity contribution in [1.82, 2.24) is 24.6 Å². The van der Waals surface area contributed by atoms with Gasteiger partial charge in [-0.1, -0.05) is 0 Å². The maximum absolute atomic E-state index is 4.63. The molecule has 6 heteroatoms. The number of fused-ring (bicyclic) bond motifs is 1. The van der Waals surface area contributed by atoms with Crippen molar-refractivity contribution < 1.29 is 0 Å². The first kappa shape index (κ1) is 15.3. The average molecular weight is 331 g/mol. The van der Waals surface area contributed by atoms with Crippen LogP contribution in [0, 0.1) is 0 Å². The first-order valence-electron chi connectivity index (χ1n) is 8.53. The molecule has 1 N–H and O–H groups in total. The maximum Gasteiger partial charge on any atom is 0.0925 e. The van der Waals surface area contributed by atoms with Crippen LogP contribution in [0.15, 0.2) is 12.5 Å². The summed E-state index contributed by atoms with van der Waals surface area (Å²) in [6.07, 6.45) is 11.0. The Hall–Kier alpha value is -1.27. The molecule has 0 saturated heterocycles. The predicted octanol–water partition coefficient (Wildman–Crippen LogP) is 2.87. The van der Waals surface area contributed by atoms with Gasteiger partial charge in [-0.05, 0) is 31.3 Å². The lowest BCUT2D eigenvalue weighted by atomic mass is 9.99. The van der Waals surface area contributed by atoms with Crippen molar-refractivity contribution in [2.45, 2.75) is 44.2 Å². The van der Waals surface area contributed by atoms with Crippen LogP contribution >= 0.6 is 11.8 Å². The molecule has 2 aromatic heterocycles. The van der Waals surface area contributed by atoms with Gasteiger partial charge in [-0.2, -0.15) is 16.9 Å². The molecule has 3 heterocycles. The van der Waals surface area contributed by atoms with Gasteiger partial charge in [-0.15, -0.1) is 0 Å². The van der Waals surface area contributed by atoms with Crippen molar-refractivity contribution in [1.29, 1.82) is 0 Å². The molecule has 1 aliphatic carbocycles. The van der Waals surface area contributed by atoms with Crippen LogP contribution in [-0.2, 0) is 20.0 Å². The zero-order chi connectivity index (χ0) is 15.8. The van der Waals surface area contributed by atoms with Crippen LogP contribution < -0.4 is 0 Å². The van der Waals surface area contributed by atoms with Gasteiger partial charge in [0.1, 0.15) is 0 Å². The Morgan fingerprint density at radius 3 is 3.04 bits per heavy atom. The summed E-state index contributed by atoms with van der Waals surface area (Å²) in [5.74, 6) is 1.92. The lowest BCUT2D eigenvalue weighted by Crippen LogP contribution is -2.35. The van der Waals surface area contributed by atoms with Gasteiger partial charge in [0.05, 0.1) is 24.3 Å². The number of hydrogen-bond donors (Lipinski definition) is 1. The highest BCUT2D eigenvalue weighted by Crippen LogP contribution is 2.42. The highest BCUT2D eigenvalue weighted by atomic mass is 32.2. The molecule has 4 rings (SSSR count). The molecule has 5 nitrogen and oxygen atoms in total. The minimum atomic E-state index is 0.435. The molecule has 0 spiro atoms. The third kappa shape index (κ3) is 2.94. The van der Waals surface area contributed by atoms with Crippen molar-refractivity contribution in [3.63, 3.8) is 0 Å². The smallest absolute Gasteiger partial charge is 0.0925 e. The Kier molecular flexibility index (Phi) is 4.20. The fourth-order valence-corrected chi connectivity index (χ4v) is 4.32. The zero-order valence-electron chi connectivity index (χ0n) is 14.0. The average Bonchev–Trinajstić information content (AvgIpc) is 3.15. The summed E-state index contributed by atoms with van der Waals surface area (Å²) in [6.45, 7) is 2.11. The maximum atomic E-state index is 4.63. The van der Waals surface area contributed by atoms with Gasteiger partial charge in [-0.3, -0.25) is 9.58 Å². The summed E-state index contributed by atoms with van der Waals surface area (Å²) in [4.78, 5) is 10.6. The second-order valence-electron chi connectivity index (χ2n) is 6.74. The van der Waals surface area contributed by atoms with Crippen molar-refractivity contribution in [2.24, 2.45) is 7.05 Å². The quantitative estimate of drug-likeness (QED) is 0.884. The largest absolute Gasteiger partial charge is 0.348 e. The van der Waals surface area contributed by atoms with Gasteiger partial charge in [-0.25, -0.2) is 4.98 Å². The van der Waals surface area contributed by atoms with Crippen LogP contribution in [0.1, 0.15) is 53.9 Å². The lowest BCUT2D eigenvalue weighted by Gasteiger charge is -2.35. The summed E-state index contributed by atoms with van der Waals surface area (Å²) >= 11 is 1.92. The van der Waals surface area contributed by atoms with E-state index in [-0.39, 0.29) is 0 Å². The van der Waals surface area contributed by atoms with E-state index in [1.165, 1.54) is 41.2 Å². The van der Waals surface area contributed by atoms with Gasteiger partial charge >= 0.3 is 0 Å². The van der Waals surface area contributed by atoms with Crippen LogP contribution in [0.4, 0.5) is 0 Å². The van der Waals surface area contributed by atoms with Crippen molar-refractivity contribution in [3.05, 3.63) is 35.2 Å². The molecule has 23 heavy (non-hydrogen) atoms. The molecule has 0 radical (unpaired) electrons. The van der Waals surface area contributed by atoms with Crippen molar-refractivity contribution >= 4 is 11.8 Å². The normalized spacial score (nSPS) is 21.6. The summed E-state index contributed by atoms with van der Waals surface area (Å²) < 4.78 is 2.09. The van der Waals surface area contributed by atoms with E-state index in [1.807, 2.05) is 18.1 Å². The number of hydrogen-bond acceptors (Lipinski definition) is 4. The van der Waals surface area contributed by atoms with E-state index in [0.29, 0.717) is 6.04 Å². The molecule has 0 bridgehead atoms. The number of aromatic amines is 1. The van der Waals surface area contributed by atoms with E-state index in [2.05, 4.69) is 44.1 Å². The fraction of sp³-hybridized carbons (Fsp3) is 0.647. The number of thioether (sulfide) groups is 1. The molecule has 2 aliphatic rings. The molecule has 1 fully saturated rings. The molecule has 1 aliphatic heterocycles. The first-order valence-corrected chi connectivity index (χ1v) is 9.93. The zero-order valence-corrected chi connectivity index (χ0v) is 14.8. The summed E-state index contributed by atoms with van der Waals surface area (Å²) in [5.41, 5.74) is 5.48. The van der Waals surface area contributed by atoms with E-state index in [0.717, 1.165) is 31.8 Å². The van der Waals surface area contributed by atoms with Crippen LogP contribution in [0.5, 0.6) is 0 Å². The summed E-state index contributed by atoms with van der Waals surface area (Å²) in [5, 5.41) is 4.53. The second kappa shape index (κ2) is 6.32. The standard InChI is InChI=1S/C17H25N5S/c1-21-17(12-3-4-12)13(9-20-21)10-22-7-5-14-16(19-11-18-14)15(22)6-8-23-2/h9,11-12,15H,3-8,10H2,1-2H3,(H,18,19). The summed E-state index contributed by atoms with van der Waals surface area (Å²) in [7, 11) is 2.09. The van der Waals surface area contributed by atoms with E-state index in [1.54, 1.807) is 0 Å². The number of nitrogens with zero attached hydrogens (tertiary/aromatic N) is 4.